The van der Waals surface area contributed by atoms with Crippen molar-refractivity contribution in [3.8, 4) is 11.5 Å². The summed E-state index contributed by atoms with van der Waals surface area (Å²) in [6, 6.07) is 11.4. The minimum atomic E-state index is -0.503. The first-order valence-electron chi connectivity index (χ1n) is 10.4. The summed E-state index contributed by atoms with van der Waals surface area (Å²) in [6.45, 7) is 1.48. The largest absolute Gasteiger partial charge is 0.497 e. The van der Waals surface area contributed by atoms with Crippen molar-refractivity contribution in [2.45, 2.75) is 13.5 Å². The first kappa shape index (κ1) is 24.5. The zero-order valence-electron chi connectivity index (χ0n) is 19.1. The third-order valence-corrected chi connectivity index (χ3v) is 6.00. The van der Waals surface area contributed by atoms with E-state index in [1.165, 1.54) is 20.4 Å². The number of amides is 1. The van der Waals surface area contributed by atoms with Gasteiger partial charge in [-0.2, -0.15) is 0 Å². The van der Waals surface area contributed by atoms with E-state index in [1.807, 2.05) is 0 Å². The van der Waals surface area contributed by atoms with Gasteiger partial charge in [-0.15, -0.1) is 0 Å². The second-order valence-corrected chi connectivity index (χ2v) is 8.28. The number of nitrogens with one attached hydrogen (secondary N) is 1. The van der Waals surface area contributed by atoms with Crippen LogP contribution in [0.1, 0.15) is 21.6 Å². The maximum absolute atomic E-state index is 13.5. The third kappa shape index (κ3) is 5.09. The highest BCUT2D eigenvalue weighted by molar-refractivity contribution is 6.42. The molecule has 0 aliphatic carbocycles. The lowest BCUT2D eigenvalue weighted by molar-refractivity contribution is 0.102. The zero-order valence-corrected chi connectivity index (χ0v) is 20.6. The molecule has 0 saturated carbocycles. The molecule has 180 valence electrons. The third-order valence-electron chi connectivity index (χ3n) is 5.26. The fourth-order valence-corrected chi connectivity index (χ4v) is 3.72. The predicted molar refractivity (Wildman–Crippen MR) is 134 cm³/mol. The number of aryl methyl sites for hydroxylation is 1. The van der Waals surface area contributed by atoms with Gasteiger partial charge in [0.1, 0.15) is 17.1 Å². The highest BCUT2D eigenvalue weighted by Crippen LogP contribution is 2.30. The van der Waals surface area contributed by atoms with Crippen LogP contribution in [0.2, 0.25) is 10.0 Å². The minimum absolute atomic E-state index is 0.0286. The Morgan fingerprint density at radius 2 is 1.91 bits per heavy atom. The Morgan fingerprint density at radius 3 is 2.60 bits per heavy atom. The van der Waals surface area contributed by atoms with E-state index in [0.29, 0.717) is 55.1 Å². The lowest BCUT2D eigenvalue weighted by Crippen LogP contribution is -2.22. The number of carbonyl (C=O) groups is 1. The van der Waals surface area contributed by atoms with Gasteiger partial charge in [0, 0.05) is 23.2 Å². The molecule has 0 spiro atoms. The topological polar surface area (TPSA) is 106 Å². The van der Waals surface area contributed by atoms with E-state index in [0.717, 1.165) is 0 Å². The van der Waals surface area contributed by atoms with Crippen molar-refractivity contribution >= 4 is 51.5 Å². The van der Waals surface area contributed by atoms with Crippen LogP contribution in [0, 0.1) is 6.92 Å². The van der Waals surface area contributed by atoms with E-state index in [1.54, 1.807) is 49.4 Å². The number of nitrogens with zero attached hydrogens (tertiary/aromatic N) is 2. The minimum Gasteiger partial charge on any atom is -0.497 e. The SMILES string of the molecule is COc1ccc(NC(=O)c2cc3c(CO)cnc(C)c3oc2=Nc2ccc(Cl)c(Cl)c2)c(OC)c1. The molecule has 2 aromatic heterocycles. The number of carbonyl (C=O) groups excluding carboxylic acids is 1. The summed E-state index contributed by atoms with van der Waals surface area (Å²) >= 11 is 12.2. The molecule has 2 N–H and O–H groups in total. The number of aliphatic hydroxyl groups excluding tert-OH is 1. The van der Waals surface area contributed by atoms with Gasteiger partial charge in [-0.3, -0.25) is 9.78 Å². The van der Waals surface area contributed by atoms with Crippen molar-refractivity contribution in [2.75, 3.05) is 19.5 Å². The summed E-state index contributed by atoms with van der Waals surface area (Å²) in [7, 11) is 3.03. The van der Waals surface area contributed by atoms with E-state index in [4.69, 9.17) is 37.1 Å². The van der Waals surface area contributed by atoms with Crippen molar-refractivity contribution in [3.05, 3.63) is 81.1 Å². The molecule has 0 aliphatic rings. The second kappa shape index (κ2) is 10.4. The van der Waals surface area contributed by atoms with Crippen LogP contribution in [0.5, 0.6) is 11.5 Å². The number of ether oxygens (including phenoxy) is 2. The molecule has 0 bridgehead atoms. The molecule has 4 aromatic rings. The van der Waals surface area contributed by atoms with Crippen LogP contribution in [0.4, 0.5) is 11.4 Å². The number of halogens is 2. The zero-order chi connectivity index (χ0) is 25.1. The molecule has 1 amide bonds. The van der Waals surface area contributed by atoms with Gasteiger partial charge in [-0.1, -0.05) is 23.2 Å². The van der Waals surface area contributed by atoms with Gasteiger partial charge in [0.2, 0.25) is 5.55 Å². The summed E-state index contributed by atoms with van der Waals surface area (Å²) in [4.78, 5) is 22.2. The molecule has 4 rings (SSSR count). The van der Waals surface area contributed by atoms with Gasteiger partial charge in [0.05, 0.1) is 47.9 Å². The summed E-state index contributed by atoms with van der Waals surface area (Å²) < 4.78 is 16.7. The first-order valence-corrected chi connectivity index (χ1v) is 11.2. The van der Waals surface area contributed by atoms with Gasteiger partial charge < -0.3 is 24.3 Å². The average molecular weight is 514 g/mol. The van der Waals surface area contributed by atoms with E-state index in [-0.39, 0.29) is 17.7 Å². The second-order valence-electron chi connectivity index (χ2n) is 7.47. The maximum atomic E-state index is 13.5. The summed E-state index contributed by atoms with van der Waals surface area (Å²) in [5.74, 6) is 0.484. The first-order chi connectivity index (χ1) is 16.8. The lowest BCUT2D eigenvalue weighted by atomic mass is 10.1. The van der Waals surface area contributed by atoms with E-state index < -0.39 is 5.91 Å². The van der Waals surface area contributed by atoms with Crippen molar-refractivity contribution in [2.24, 2.45) is 4.99 Å². The van der Waals surface area contributed by atoms with E-state index in [2.05, 4.69) is 15.3 Å². The Morgan fingerprint density at radius 1 is 1.11 bits per heavy atom. The summed E-state index contributed by atoms with van der Waals surface area (Å²) in [5.41, 5.74) is 2.49. The number of hydrogen-bond acceptors (Lipinski definition) is 7. The molecule has 0 fully saturated rings. The number of aromatic nitrogens is 1. The molecule has 2 aromatic carbocycles. The Kier molecular flexibility index (Phi) is 7.25. The standard InChI is InChI=1S/C25H21Cl2N3O5/c1-13-23-17(14(12-31)11-28-13)10-18(25(35-23)29-15-4-6-19(26)20(27)8-15)24(32)30-21-7-5-16(33-2)9-22(21)34-3/h4-11,31H,12H2,1-3H3,(H,30,32). The highest BCUT2D eigenvalue weighted by Gasteiger charge is 2.18. The number of methoxy groups -OCH3 is 2. The Labute approximate surface area is 210 Å². The highest BCUT2D eigenvalue weighted by atomic mass is 35.5. The fourth-order valence-electron chi connectivity index (χ4n) is 3.42. The molecule has 10 heteroatoms. The normalized spacial score (nSPS) is 11.5. The van der Waals surface area contributed by atoms with Crippen LogP contribution in [0.25, 0.3) is 11.0 Å². The number of benzene rings is 2. The van der Waals surface area contributed by atoms with Crippen LogP contribution in [-0.4, -0.2) is 30.2 Å². The smallest absolute Gasteiger partial charge is 0.261 e. The van der Waals surface area contributed by atoms with Crippen molar-refractivity contribution < 1.29 is 23.8 Å². The van der Waals surface area contributed by atoms with Crippen LogP contribution in [0.15, 0.2) is 58.1 Å². The molecule has 0 atom stereocenters. The monoisotopic (exact) mass is 513 g/mol. The molecule has 35 heavy (non-hydrogen) atoms. The van der Waals surface area contributed by atoms with Gasteiger partial charge in [0.15, 0.2) is 5.58 Å². The lowest BCUT2D eigenvalue weighted by Gasteiger charge is -2.13. The molecular formula is C25H21Cl2N3O5. The van der Waals surface area contributed by atoms with Crippen LogP contribution in [-0.2, 0) is 6.61 Å². The van der Waals surface area contributed by atoms with Gasteiger partial charge in [-0.25, -0.2) is 4.99 Å². The summed E-state index contributed by atoms with van der Waals surface area (Å²) in [6.07, 6.45) is 1.54. The Bertz CT molecular complexity index is 1500. The number of pyridine rings is 1. The quantitative estimate of drug-likeness (QED) is 0.355. The predicted octanol–water partition coefficient (Wildman–Crippen LogP) is 5.44. The summed E-state index contributed by atoms with van der Waals surface area (Å²) in [5, 5.41) is 13.9. The Hall–Kier alpha value is -3.59. The number of aliphatic hydroxyl groups is 1. The van der Waals surface area contributed by atoms with Crippen molar-refractivity contribution in [1.82, 2.24) is 4.98 Å². The van der Waals surface area contributed by atoms with E-state index >= 15 is 0 Å². The van der Waals surface area contributed by atoms with Crippen LogP contribution < -0.4 is 20.3 Å². The van der Waals surface area contributed by atoms with Crippen LogP contribution >= 0.6 is 23.2 Å². The number of fused-ring (bicyclic) bond motifs is 1. The molecule has 0 unspecified atom stereocenters. The molecule has 0 saturated heterocycles. The Balaban J connectivity index is 1.91. The molecule has 0 radical (unpaired) electrons. The molecule has 0 aliphatic heterocycles. The molecule has 2 heterocycles. The van der Waals surface area contributed by atoms with Gasteiger partial charge >= 0.3 is 0 Å². The van der Waals surface area contributed by atoms with Crippen LogP contribution in [0.3, 0.4) is 0 Å². The van der Waals surface area contributed by atoms with Crippen molar-refractivity contribution in [1.29, 1.82) is 0 Å². The maximum Gasteiger partial charge on any atom is 0.261 e. The number of hydrogen-bond donors (Lipinski definition) is 2. The van der Waals surface area contributed by atoms with Crippen molar-refractivity contribution in [3.63, 3.8) is 0 Å². The molecule has 8 nitrogen and oxygen atoms in total. The van der Waals surface area contributed by atoms with Gasteiger partial charge in [-0.05, 0) is 43.3 Å². The fraction of sp³-hybridized carbons (Fsp3) is 0.160. The number of anilines is 1. The molecular weight excluding hydrogens is 493 g/mol. The van der Waals surface area contributed by atoms with E-state index in [9.17, 15) is 9.90 Å². The average Bonchev–Trinajstić information content (AvgIpc) is 2.86. The number of rotatable bonds is 6. The van der Waals surface area contributed by atoms with Gasteiger partial charge in [0.25, 0.3) is 5.91 Å².